The van der Waals surface area contributed by atoms with E-state index in [0.29, 0.717) is 21.9 Å². The topological polar surface area (TPSA) is 126 Å². The summed E-state index contributed by atoms with van der Waals surface area (Å²) in [5.41, 5.74) is 1.98. The van der Waals surface area contributed by atoms with Crippen molar-refractivity contribution in [3.05, 3.63) is 42.7 Å². The van der Waals surface area contributed by atoms with E-state index in [0.717, 1.165) is 5.69 Å². The average Bonchev–Trinajstić information content (AvgIpc) is 3.23. The molecule has 3 aromatic rings. The van der Waals surface area contributed by atoms with Crippen molar-refractivity contribution in [3.8, 4) is 0 Å². The number of aromatic nitrogens is 5. The molecule has 9 nitrogen and oxygen atoms in total. The van der Waals surface area contributed by atoms with E-state index in [4.69, 9.17) is 4.74 Å². The second-order valence-corrected chi connectivity index (χ2v) is 6.81. The highest BCUT2D eigenvalue weighted by molar-refractivity contribution is 7.98. The molecule has 0 aromatic carbocycles. The van der Waals surface area contributed by atoms with Crippen LogP contribution in [0.2, 0.25) is 0 Å². The van der Waals surface area contributed by atoms with Crippen molar-refractivity contribution in [3.63, 3.8) is 0 Å². The SMILES string of the molecule is OCC1OC(n2cnc3c(SCc4ccccn4)ncnc32)C(O)C1O. The van der Waals surface area contributed by atoms with Gasteiger partial charge in [-0.05, 0) is 12.1 Å². The lowest BCUT2D eigenvalue weighted by atomic mass is 10.1. The monoisotopic (exact) mass is 375 g/mol. The highest BCUT2D eigenvalue weighted by Crippen LogP contribution is 2.33. The molecule has 0 amide bonds. The van der Waals surface area contributed by atoms with Crippen molar-refractivity contribution < 1.29 is 20.1 Å². The first kappa shape index (κ1) is 17.3. The van der Waals surface area contributed by atoms with Crippen LogP contribution in [0.1, 0.15) is 11.9 Å². The van der Waals surface area contributed by atoms with Crippen molar-refractivity contribution in [1.29, 1.82) is 0 Å². The summed E-state index contributed by atoms with van der Waals surface area (Å²) < 4.78 is 7.10. The number of ether oxygens (including phenoxy) is 1. The minimum absolute atomic E-state index is 0.387. The second-order valence-electron chi connectivity index (χ2n) is 5.84. The van der Waals surface area contributed by atoms with Gasteiger partial charge in [-0.1, -0.05) is 17.8 Å². The van der Waals surface area contributed by atoms with E-state index in [9.17, 15) is 15.3 Å². The number of pyridine rings is 1. The lowest BCUT2D eigenvalue weighted by Gasteiger charge is -2.16. The van der Waals surface area contributed by atoms with Crippen molar-refractivity contribution in [2.24, 2.45) is 0 Å². The first-order valence-corrected chi connectivity index (χ1v) is 9.00. The van der Waals surface area contributed by atoms with E-state index in [2.05, 4.69) is 19.9 Å². The number of rotatable bonds is 5. The predicted octanol–water partition coefficient (Wildman–Crippen LogP) is 0.125. The molecule has 4 heterocycles. The fraction of sp³-hybridized carbons (Fsp3) is 0.375. The molecule has 1 fully saturated rings. The molecule has 1 aliphatic rings. The first-order chi connectivity index (χ1) is 12.7. The smallest absolute Gasteiger partial charge is 0.166 e. The van der Waals surface area contributed by atoms with Gasteiger partial charge in [0.2, 0.25) is 0 Å². The van der Waals surface area contributed by atoms with Crippen LogP contribution in [-0.4, -0.2) is 64.7 Å². The molecule has 4 atom stereocenters. The Balaban J connectivity index is 1.61. The van der Waals surface area contributed by atoms with Gasteiger partial charge in [0.05, 0.1) is 18.6 Å². The summed E-state index contributed by atoms with van der Waals surface area (Å²) in [6.07, 6.45) is 0.545. The summed E-state index contributed by atoms with van der Waals surface area (Å²) in [6.45, 7) is -0.387. The Morgan fingerprint density at radius 3 is 2.73 bits per heavy atom. The van der Waals surface area contributed by atoms with E-state index in [1.165, 1.54) is 24.4 Å². The van der Waals surface area contributed by atoms with Crippen LogP contribution < -0.4 is 0 Å². The molecular weight excluding hydrogens is 358 g/mol. The zero-order valence-corrected chi connectivity index (χ0v) is 14.4. The van der Waals surface area contributed by atoms with E-state index in [1.54, 1.807) is 10.8 Å². The second kappa shape index (κ2) is 7.25. The van der Waals surface area contributed by atoms with Crippen molar-refractivity contribution >= 4 is 22.9 Å². The molecule has 0 bridgehead atoms. The number of hydrogen-bond acceptors (Lipinski definition) is 9. The zero-order chi connectivity index (χ0) is 18.1. The summed E-state index contributed by atoms with van der Waals surface area (Å²) in [7, 11) is 0. The maximum absolute atomic E-state index is 10.2. The van der Waals surface area contributed by atoms with Gasteiger partial charge in [0.25, 0.3) is 0 Å². The summed E-state index contributed by atoms with van der Waals surface area (Å²) >= 11 is 1.48. The quantitative estimate of drug-likeness (QED) is 0.421. The van der Waals surface area contributed by atoms with Crippen molar-refractivity contribution in [2.45, 2.75) is 35.3 Å². The third-order valence-corrected chi connectivity index (χ3v) is 5.21. The van der Waals surface area contributed by atoms with Crippen LogP contribution in [-0.2, 0) is 10.5 Å². The van der Waals surface area contributed by atoms with Crippen LogP contribution in [0.3, 0.4) is 0 Å². The molecule has 26 heavy (non-hydrogen) atoms. The summed E-state index contributed by atoms with van der Waals surface area (Å²) in [5.74, 6) is 0.633. The number of aliphatic hydroxyl groups excluding tert-OH is 3. The Hall–Kier alpha value is -2.11. The normalized spacial score (nSPS) is 25.8. The summed E-state index contributed by atoms with van der Waals surface area (Å²) in [5, 5.41) is 30.1. The molecule has 4 rings (SSSR count). The molecular formula is C16H17N5O4S. The predicted molar refractivity (Wildman–Crippen MR) is 92.1 cm³/mol. The molecule has 0 aliphatic carbocycles. The number of fused-ring (bicyclic) bond motifs is 1. The Bertz CT molecular complexity index is 893. The average molecular weight is 375 g/mol. The maximum atomic E-state index is 10.2. The minimum atomic E-state index is -1.19. The standard InChI is InChI=1S/C16H17N5O4S/c22-5-10-12(23)13(24)16(25-10)21-8-20-11-14(21)18-7-19-15(11)26-6-9-3-1-2-4-17-9/h1-4,7-8,10,12-13,16,22-24H,5-6H2. The number of hydrogen-bond donors (Lipinski definition) is 3. The van der Waals surface area contributed by atoms with Gasteiger partial charge in [0, 0.05) is 11.9 Å². The van der Waals surface area contributed by atoms with E-state index >= 15 is 0 Å². The summed E-state index contributed by atoms with van der Waals surface area (Å²) in [6, 6.07) is 5.72. The molecule has 1 aliphatic heterocycles. The van der Waals surface area contributed by atoms with Gasteiger partial charge in [-0.25, -0.2) is 15.0 Å². The van der Waals surface area contributed by atoms with E-state index in [1.807, 2.05) is 18.2 Å². The van der Waals surface area contributed by atoms with Gasteiger partial charge in [-0.15, -0.1) is 0 Å². The van der Waals surface area contributed by atoms with Crippen LogP contribution in [0.4, 0.5) is 0 Å². The molecule has 0 saturated carbocycles. The van der Waals surface area contributed by atoms with Gasteiger partial charge < -0.3 is 20.1 Å². The third kappa shape index (κ3) is 3.06. The summed E-state index contributed by atoms with van der Waals surface area (Å²) in [4.78, 5) is 17.2. The first-order valence-electron chi connectivity index (χ1n) is 8.01. The lowest BCUT2D eigenvalue weighted by molar-refractivity contribution is -0.0511. The van der Waals surface area contributed by atoms with Crippen molar-refractivity contribution in [2.75, 3.05) is 6.61 Å². The van der Waals surface area contributed by atoms with Crippen LogP contribution >= 0.6 is 11.8 Å². The maximum Gasteiger partial charge on any atom is 0.166 e. The number of nitrogens with zero attached hydrogens (tertiary/aromatic N) is 5. The van der Waals surface area contributed by atoms with Crippen molar-refractivity contribution in [1.82, 2.24) is 24.5 Å². The molecule has 3 N–H and O–H groups in total. The highest BCUT2D eigenvalue weighted by Gasteiger charge is 2.44. The van der Waals surface area contributed by atoms with Crippen LogP contribution in [0, 0.1) is 0 Å². The van der Waals surface area contributed by atoms with Gasteiger partial charge in [0.15, 0.2) is 11.9 Å². The van der Waals surface area contributed by atoms with Gasteiger partial charge in [-0.3, -0.25) is 9.55 Å². The van der Waals surface area contributed by atoms with Crippen LogP contribution in [0.15, 0.2) is 42.1 Å². The highest BCUT2D eigenvalue weighted by atomic mass is 32.2. The molecule has 136 valence electrons. The Morgan fingerprint density at radius 2 is 2.00 bits per heavy atom. The lowest BCUT2D eigenvalue weighted by Crippen LogP contribution is -2.33. The fourth-order valence-corrected chi connectivity index (χ4v) is 3.72. The Labute approximate surface area is 152 Å². The molecule has 0 spiro atoms. The Kier molecular flexibility index (Phi) is 4.83. The zero-order valence-electron chi connectivity index (χ0n) is 13.6. The molecule has 4 unspecified atom stereocenters. The van der Waals surface area contributed by atoms with Gasteiger partial charge >= 0.3 is 0 Å². The Morgan fingerprint density at radius 1 is 1.12 bits per heavy atom. The van der Waals surface area contributed by atoms with Gasteiger partial charge in [0.1, 0.15) is 35.2 Å². The molecule has 1 saturated heterocycles. The van der Waals surface area contributed by atoms with Crippen LogP contribution in [0.25, 0.3) is 11.2 Å². The van der Waals surface area contributed by atoms with E-state index in [-0.39, 0.29) is 6.61 Å². The molecule has 10 heteroatoms. The molecule has 3 aromatic heterocycles. The minimum Gasteiger partial charge on any atom is -0.394 e. The number of imidazole rings is 1. The van der Waals surface area contributed by atoms with Crippen LogP contribution in [0.5, 0.6) is 0 Å². The third-order valence-electron chi connectivity index (χ3n) is 4.20. The van der Waals surface area contributed by atoms with E-state index < -0.39 is 24.5 Å². The number of thioether (sulfide) groups is 1. The fourth-order valence-electron chi connectivity index (χ4n) is 2.86. The molecule has 0 radical (unpaired) electrons. The van der Waals surface area contributed by atoms with Gasteiger partial charge in [-0.2, -0.15) is 0 Å². The largest absolute Gasteiger partial charge is 0.394 e. The number of aliphatic hydroxyl groups is 3.